The third-order valence-electron chi connectivity index (χ3n) is 4.99. The summed E-state index contributed by atoms with van der Waals surface area (Å²) in [7, 11) is 0. The lowest BCUT2D eigenvalue weighted by molar-refractivity contribution is -0.143. The molecule has 2 aromatic carbocycles. The first-order valence-corrected chi connectivity index (χ1v) is 11.3. The molecular formula is C24H30Cl2N2O3. The molecule has 0 heterocycles. The fourth-order valence-electron chi connectivity index (χ4n) is 3.14. The van der Waals surface area contributed by atoms with Crippen LogP contribution in [0.25, 0.3) is 0 Å². The lowest BCUT2D eigenvalue weighted by atomic mass is 10.1. The smallest absolute Gasteiger partial charge is 0.261 e. The monoisotopic (exact) mass is 464 g/mol. The molecule has 31 heavy (non-hydrogen) atoms. The van der Waals surface area contributed by atoms with Gasteiger partial charge in [0.25, 0.3) is 5.91 Å². The van der Waals surface area contributed by atoms with E-state index in [4.69, 9.17) is 27.9 Å². The van der Waals surface area contributed by atoms with E-state index in [-0.39, 0.29) is 25.0 Å². The molecule has 2 amide bonds. The number of hydrogen-bond acceptors (Lipinski definition) is 3. The Labute approximate surface area is 194 Å². The van der Waals surface area contributed by atoms with E-state index in [2.05, 4.69) is 12.2 Å². The molecule has 1 N–H and O–H groups in total. The number of nitrogens with zero attached hydrogens (tertiary/aromatic N) is 1. The van der Waals surface area contributed by atoms with Gasteiger partial charge in [0.1, 0.15) is 11.8 Å². The van der Waals surface area contributed by atoms with Crippen LogP contribution >= 0.6 is 23.2 Å². The SMILES string of the molecule is CCCCNC(=O)[C@H](CC)N(Cc1c(Cl)cccc1Cl)C(=O)COc1ccc(C)cc1. The number of ether oxygens (including phenoxy) is 1. The van der Waals surface area contributed by atoms with Crippen molar-refractivity contribution in [2.24, 2.45) is 0 Å². The zero-order valence-electron chi connectivity index (χ0n) is 18.3. The second kappa shape index (κ2) is 12.6. The van der Waals surface area contributed by atoms with Crippen LogP contribution in [0.3, 0.4) is 0 Å². The molecule has 0 fully saturated rings. The van der Waals surface area contributed by atoms with Crippen molar-refractivity contribution in [2.75, 3.05) is 13.2 Å². The number of benzene rings is 2. The van der Waals surface area contributed by atoms with Crippen LogP contribution in [0.1, 0.15) is 44.2 Å². The van der Waals surface area contributed by atoms with Crippen LogP contribution in [0.5, 0.6) is 5.75 Å². The molecular weight excluding hydrogens is 435 g/mol. The third-order valence-corrected chi connectivity index (χ3v) is 5.70. The zero-order valence-corrected chi connectivity index (χ0v) is 19.8. The minimum absolute atomic E-state index is 0.119. The van der Waals surface area contributed by atoms with Crippen molar-refractivity contribution in [3.63, 3.8) is 0 Å². The fraction of sp³-hybridized carbons (Fsp3) is 0.417. The maximum absolute atomic E-state index is 13.2. The number of aryl methyl sites for hydroxylation is 1. The second-order valence-electron chi connectivity index (χ2n) is 7.39. The third kappa shape index (κ3) is 7.44. The van der Waals surface area contributed by atoms with Crippen LogP contribution in [-0.2, 0) is 16.1 Å². The predicted molar refractivity (Wildman–Crippen MR) is 126 cm³/mol. The Morgan fingerprint density at radius 3 is 2.29 bits per heavy atom. The number of rotatable bonds is 11. The summed E-state index contributed by atoms with van der Waals surface area (Å²) in [5.74, 6) is 0.0898. The summed E-state index contributed by atoms with van der Waals surface area (Å²) < 4.78 is 5.69. The highest BCUT2D eigenvalue weighted by molar-refractivity contribution is 6.36. The molecule has 0 unspecified atom stereocenters. The van der Waals surface area contributed by atoms with Crippen molar-refractivity contribution < 1.29 is 14.3 Å². The molecule has 1 atom stereocenters. The molecule has 0 radical (unpaired) electrons. The van der Waals surface area contributed by atoms with Crippen LogP contribution in [0.2, 0.25) is 10.0 Å². The topological polar surface area (TPSA) is 58.6 Å². The lowest BCUT2D eigenvalue weighted by Gasteiger charge is -2.31. The molecule has 7 heteroatoms. The van der Waals surface area contributed by atoms with Gasteiger partial charge in [-0.3, -0.25) is 9.59 Å². The summed E-state index contributed by atoms with van der Waals surface area (Å²) in [6.07, 6.45) is 2.30. The van der Waals surface area contributed by atoms with Gasteiger partial charge >= 0.3 is 0 Å². The van der Waals surface area contributed by atoms with Gasteiger partial charge in [0.05, 0.1) is 0 Å². The van der Waals surface area contributed by atoms with E-state index in [0.29, 0.717) is 34.3 Å². The molecule has 0 bridgehead atoms. The van der Waals surface area contributed by atoms with Gasteiger partial charge in [-0.25, -0.2) is 0 Å². The molecule has 168 valence electrons. The average Bonchev–Trinajstić information content (AvgIpc) is 2.75. The van der Waals surface area contributed by atoms with Gasteiger partial charge in [0.2, 0.25) is 5.91 Å². The zero-order chi connectivity index (χ0) is 22.8. The minimum Gasteiger partial charge on any atom is -0.484 e. The van der Waals surface area contributed by atoms with E-state index >= 15 is 0 Å². The minimum atomic E-state index is -0.654. The number of halogens is 2. The molecule has 0 aliphatic heterocycles. The van der Waals surface area contributed by atoms with E-state index in [1.807, 2.05) is 38.1 Å². The summed E-state index contributed by atoms with van der Waals surface area (Å²) in [4.78, 5) is 27.5. The fourth-order valence-corrected chi connectivity index (χ4v) is 3.66. The average molecular weight is 465 g/mol. The van der Waals surface area contributed by atoms with E-state index in [0.717, 1.165) is 18.4 Å². The van der Waals surface area contributed by atoms with E-state index < -0.39 is 6.04 Å². The number of carbonyl (C=O) groups excluding carboxylic acids is 2. The summed E-state index contributed by atoms with van der Waals surface area (Å²) in [5.41, 5.74) is 1.71. The number of amides is 2. The van der Waals surface area contributed by atoms with Gasteiger partial charge in [-0.2, -0.15) is 0 Å². The highest BCUT2D eigenvalue weighted by Gasteiger charge is 2.29. The predicted octanol–water partition coefficient (Wildman–Crippen LogP) is 5.40. The van der Waals surface area contributed by atoms with Crippen LogP contribution < -0.4 is 10.1 Å². The molecule has 0 spiro atoms. The lowest BCUT2D eigenvalue weighted by Crippen LogP contribution is -2.50. The normalized spacial score (nSPS) is 11.6. The van der Waals surface area contributed by atoms with Gasteiger partial charge < -0.3 is 15.0 Å². The largest absolute Gasteiger partial charge is 0.484 e. The Hall–Kier alpha value is -2.24. The Morgan fingerprint density at radius 2 is 1.71 bits per heavy atom. The van der Waals surface area contributed by atoms with Gasteiger partial charge in [-0.05, 0) is 44.0 Å². The Kier molecular flexibility index (Phi) is 10.2. The second-order valence-corrected chi connectivity index (χ2v) is 8.21. The Morgan fingerprint density at radius 1 is 1.06 bits per heavy atom. The van der Waals surface area contributed by atoms with Crippen LogP contribution in [0.4, 0.5) is 0 Å². The van der Waals surface area contributed by atoms with E-state index in [9.17, 15) is 9.59 Å². The van der Waals surface area contributed by atoms with Crippen LogP contribution in [0.15, 0.2) is 42.5 Å². The molecule has 5 nitrogen and oxygen atoms in total. The number of carbonyl (C=O) groups is 2. The van der Waals surface area contributed by atoms with Crippen molar-refractivity contribution >= 4 is 35.0 Å². The first-order chi connectivity index (χ1) is 14.9. The van der Waals surface area contributed by atoms with Crippen molar-refractivity contribution in [1.82, 2.24) is 10.2 Å². The first kappa shape index (κ1) is 25.0. The maximum Gasteiger partial charge on any atom is 0.261 e. The van der Waals surface area contributed by atoms with Crippen molar-refractivity contribution in [3.8, 4) is 5.75 Å². The quantitative estimate of drug-likeness (QED) is 0.452. The summed E-state index contributed by atoms with van der Waals surface area (Å²) in [5, 5.41) is 3.83. The number of hydrogen-bond donors (Lipinski definition) is 1. The molecule has 0 aliphatic rings. The molecule has 0 aromatic heterocycles. The molecule has 0 saturated heterocycles. The maximum atomic E-state index is 13.2. The van der Waals surface area contributed by atoms with Gasteiger partial charge in [-0.15, -0.1) is 0 Å². The first-order valence-electron chi connectivity index (χ1n) is 10.6. The molecule has 0 saturated carbocycles. The van der Waals surface area contributed by atoms with Crippen LogP contribution in [0, 0.1) is 6.92 Å². The summed E-state index contributed by atoms with van der Waals surface area (Å²) in [6, 6.07) is 12.0. The molecule has 0 aliphatic carbocycles. The number of unbranched alkanes of at least 4 members (excludes halogenated alkanes) is 1. The highest BCUT2D eigenvalue weighted by atomic mass is 35.5. The van der Waals surface area contributed by atoms with Gasteiger partial charge in [-0.1, -0.05) is 67.2 Å². The Bertz CT molecular complexity index is 851. The summed E-state index contributed by atoms with van der Waals surface area (Å²) >= 11 is 12.7. The van der Waals surface area contributed by atoms with Crippen molar-refractivity contribution in [3.05, 3.63) is 63.6 Å². The van der Waals surface area contributed by atoms with Gasteiger partial charge in [0.15, 0.2) is 6.61 Å². The number of nitrogens with one attached hydrogen (secondary N) is 1. The standard InChI is InChI=1S/C24H30Cl2N2O3/c1-4-6-14-27-24(30)22(5-2)28(15-19-20(25)8-7-9-21(19)26)23(29)16-31-18-12-10-17(3)11-13-18/h7-13,22H,4-6,14-16H2,1-3H3,(H,27,30)/t22-/m0/s1. The van der Waals surface area contributed by atoms with Crippen LogP contribution in [-0.4, -0.2) is 35.9 Å². The van der Waals surface area contributed by atoms with Crippen molar-refractivity contribution in [1.29, 1.82) is 0 Å². The highest BCUT2D eigenvalue weighted by Crippen LogP contribution is 2.27. The van der Waals surface area contributed by atoms with Crippen molar-refractivity contribution in [2.45, 2.75) is 52.6 Å². The molecule has 2 aromatic rings. The van der Waals surface area contributed by atoms with E-state index in [1.165, 1.54) is 4.90 Å². The van der Waals surface area contributed by atoms with Gasteiger partial charge in [0, 0.05) is 28.7 Å². The summed E-state index contributed by atoms with van der Waals surface area (Å²) in [6.45, 7) is 6.41. The molecule has 2 rings (SSSR count). The van der Waals surface area contributed by atoms with E-state index in [1.54, 1.807) is 18.2 Å². The Balaban J connectivity index is 2.23.